The highest BCUT2D eigenvalue weighted by Crippen LogP contribution is 2.18. The monoisotopic (exact) mass is 251 g/mol. The first kappa shape index (κ1) is 14.7. The van der Waals surface area contributed by atoms with E-state index >= 15 is 0 Å². The zero-order chi connectivity index (χ0) is 13.5. The van der Waals surface area contributed by atoms with E-state index in [4.69, 9.17) is 9.84 Å². The van der Waals surface area contributed by atoms with Gasteiger partial charge in [-0.15, -0.1) is 0 Å². The van der Waals surface area contributed by atoms with Gasteiger partial charge in [0.15, 0.2) is 5.78 Å². The highest BCUT2D eigenvalue weighted by atomic mass is 16.5. The second kappa shape index (κ2) is 7.13. The van der Waals surface area contributed by atoms with E-state index < -0.39 is 0 Å². The first-order valence-electron chi connectivity index (χ1n) is 6.10. The fourth-order valence-electron chi connectivity index (χ4n) is 1.54. The minimum Gasteiger partial charge on any atom is -0.491 e. The molecule has 18 heavy (non-hydrogen) atoms. The van der Waals surface area contributed by atoms with Gasteiger partial charge in [0.05, 0.1) is 12.2 Å². The van der Waals surface area contributed by atoms with Crippen LogP contribution >= 0.6 is 0 Å². The summed E-state index contributed by atoms with van der Waals surface area (Å²) in [4.78, 5) is 13.4. The van der Waals surface area contributed by atoms with Crippen molar-refractivity contribution in [2.24, 2.45) is 0 Å². The maximum Gasteiger partial charge on any atom is 0.163 e. The van der Waals surface area contributed by atoms with Crippen molar-refractivity contribution in [3.8, 4) is 5.75 Å². The summed E-state index contributed by atoms with van der Waals surface area (Å²) in [5, 5.41) is 9.01. The number of nitrogens with zero attached hydrogens (tertiary/aromatic N) is 1. The van der Waals surface area contributed by atoms with Gasteiger partial charge in [-0.2, -0.15) is 0 Å². The molecule has 0 bridgehead atoms. The number of para-hydroxylation sites is 1. The molecule has 1 aromatic rings. The van der Waals surface area contributed by atoms with Crippen LogP contribution in [0, 0.1) is 0 Å². The average molecular weight is 251 g/mol. The summed E-state index contributed by atoms with van der Waals surface area (Å²) >= 11 is 0. The summed E-state index contributed by atoms with van der Waals surface area (Å²) in [6.07, 6.45) is 0. The standard InChI is InChI=1S/C14H21NO3/c1-11(10-16)15(3)8-9-18-14-7-5-4-6-13(14)12(2)17/h4-7,11,16H,8-10H2,1-3H3. The zero-order valence-electron chi connectivity index (χ0n) is 11.2. The van der Waals surface area contributed by atoms with Crippen molar-refractivity contribution in [2.75, 3.05) is 26.8 Å². The van der Waals surface area contributed by atoms with Gasteiger partial charge in [-0.1, -0.05) is 12.1 Å². The quantitative estimate of drug-likeness (QED) is 0.748. The molecular weight excluding hydrogens is 230 g/mol. The van der Waals surface area contributed by atoms with Gasteiger partial charge in [0.25, 0.3) is 0 Å². The van der Waals surface area contributed by atoms with Crippen LogP contribution in [0.4, 0.5) is 0 Å². The van der Waals surface area contributed by atoms with Crippen molar-refractivity contribution in [1.82, 2.24) is 4.90 Å². The third-order valence-electron chi connectivity index (χ3n) is 2.98. The number of aliphatic hydroxyl groups excluding tert-OH is 1. The Balaban J connectivity index is 2.51. The highest BCUT2D eigenvalue weighted by Gasteiger charge is 2.09. The molecule has 1 rings (SSSR count). The Hall–Kier alpha value is -1.39. The lowest BCUT2D eigenvalue weighted by Crippen LogP contribution is -2.35. The van der Waals surface area contributed by atoms with Crippen LogP contribution in [-0.2, 0) is 0 Å². The molecule has 1 N–H and O–H groups in total. The smallest absolute Gasteiger partial charge is 0.163 e. The van der Waals surface area contributed by atoms with Gasteiger partial charge < -0.3 is 9.84 Å². The van der Waals surface area contributed by atoms with Crippen LogP contribution in [0.2, 0.25) is 0 Å². The molecule has 4 heteroatoms. The van der Waals surface area contributed by atoms with Gasteiger partial charge in [-0.3, -0.25) is 9.69 Å². The van der Waals surface area contributed by atoms with Crippen molar-refractivity contribution in [1.29, 1.82) is 0 Å². The van der Waals surface area contributed by atoms with E-state index in [0.717, 1.165) is 0 Å². The van der Waals surface area contributed by atoms with E-state index in [1.54, 1.807) is 12.1 Å². The third-order valence-corrected chi connectivity index (χ3v) is 2.98. The predicted octanol–water partition coefficient (Wildman–Crippen LogP) is 1.58. The number of aliphatic hydroxyl groups is 1. The van der Waals surface area contributed by atoms with E-state index in [1.807, 2.05) is 31.0 Å². The van der Waals surface area contributed by atoms with Crippen LogP contribution in [0.1, 0.15) is 24.2 Å². The average Bonchev–Trinajstić information content (AvgIpc) is 2.38. The minimum atomic E-state index is 0.00248. The summed E-state index contributed by atoms with van der Waals surface area (Å²) in [5.41, 5.74) is 0.607. The molecule has 1 unspecified atom stereocenters. The Morgan fingerprint density at radius 1 is 1.44 bits per heavy atom. The van der Waals surface area contributed by atoms with E-state index in [0.29, 0.717) is 24.5 Å². The van der Waals surface area contributed by atoms with E-state index in [2.05, 4.69) is 0 Å². The van der Waals surface area contributed by atoms with Gasteiger partial charge in [-0.25, -0.2) is 0 Å². The Labute approximate surface area is 108 Å². The highest BCUT2D eigenvalue weighted by molar-refractivity contribution is 5.96. The number of carbonyl (C=O) groups excluding carboxylic acids is 1. The van der Waals surface area contributed by atoms with Gasteiger partial charge in [0.1, 0.15) is 12.4 Å². The summed E-state index contributed by atoms with van der Waals surface area (Å²) in [7, 11) is 1.93. The van der Waals surface area contributed by atoms with E-state index in [1.165, 1.54) is 6.92 Å². The lowest BCUT2D eigenvalue weighted by atomic mass is 10.1. The van der Waals surface area contributed by atoms with E-state index in [-0.39, 0.29) is 18.4 Å². The van der Waals surface area contributed by atoms with Gasteiger partial charge in [0.2, 0.25) is 0 Å². The molecule has 0 radical (unpaired) electrons. The van der Waals surface area contributed by atoms with Crippen LogP contribution in [0.15, 0.2) is 24.3 Å². The second-order valence-corrected chi connectivity index (χ2v) is 4.41. The maximum absolute atomic E-state index is 11.4. The molecule has 0 saturated heterocycles. The van der Waals surface area contributed by atoms with Crippen LogP contribution in [0.25, 0.3) is 0 Å². The fraction of sp³-hybridized carbons (Fsp3) is 0.500. The molecule has 0 aliphatic rings. The molecule has 0 aliphatic heterocycles. The summed E-state index contributed by atoms with van der Waals surface area (Å²) in [6, 6.07) is 7.34. The Morgan fingerprint density at radius 3 is 2.72 bits per heavy atom. The number of Topliss-reactive ketones (excluding diaryl/α,β-unsaturated/α-hetero) is 1. The number of hydrogen-bond acceptors (Lipinski definition) is 4. The number of ketones is 1. The number of carbonyl (C=O) groups is 1. The lowest BCUT2D eigenvalue weighted by Gasteiger charge is -2.22. The van der Waals surface area contributed by atoms with Gasteiger partial charge in [0, 0.05) is 12.6 Å². The number of ether oxygens (including phenoxy) is 1. The molecule has 4 nitrogen and oxygen atoms in total. The first-order chi connectivity index (χ1) is 8.56. The van der Waals surface area contributed by atoms with Crippen LogP contribution < -0.4 is 4.74 Å². The van der Waals surface area contributed by atoms with Crippen molar-refractivity contribution < 1.29 is 14.6 Å². The number of hydrogen-bond donors (Lipinski definition) is 1. The summed E-state index contributed by atoms with van der Waals surface area (Å²) in [5.74, 6) is 0.623. The molecule has 0 amide bonds. The van der Waals surface area contributed by atoms with Crippen LogP contribution in [0.3, 0.4) is 0 Å². The molecule has 0 fully saturated rings. The normalized spacial score (nSPS) is 12.5. The largest absolute Gasteiger partial charge is 0.491 e. The van der Waals surface area contributed by atoms with Crippen LogP contribution in [-0.4, -0.2) is 48.6 Å². The molecule has 1 atom stereocenters. The summed E-state index contributed by atoms with van der Waals surface area (Å²) < 4.78 is 5.62. The molecule has 0 aliphatic carbocycles. The first-order valence-corrected chi connectivity index (χ1v) is 6.10. The summed E-state index contributed by atoms with van der Waals surface area (Å²) in [6.45, 7) is 4.80. The van der Waals surface area contributed by atoms with Crippen molar-refractivity contribution in [2.45, 2.75) is 19.9 Å². The number of rotatable bonds is 7. The fourth-order valence-corrected chi connectivity index (χ4v) is 1.54. The minimum absolute atomic E-state index is 0.00248. The Bertz CT molecular complexity index is 392. The molecule has 1 aromatic carbocycles. The lowest BCUT2D eigenvalue weighted by molar-refractivity contribution is 0.101. The molecule has 100 valence electrons. The SMILES string of the molecule is CC(=O)c1ccccc1OCCN(C)C(C)CO. The molecular formula is C14H21NO3. The van der Waals surface area contributed by atoms with Crippen molar-refractivity contribution >= 4 is 5.78 Å². The van der Waals surface area contributed by atoms with Crippen molar-refractivity contribution in [3.05, 3.63) is 29.8 Å². The van der Waals surface area contributed by atoms with Gasteiger partial charge >= 0.3 is 0 Å². The van der Waals surface area contributed by atoms with Crippen molar-refractivity contribution in [3.63, 3.8) is 0 Å². The Morgan fingerprint density at radius 2 is 2.11 bits per heavy atom. The maximum atomic E-state index is 11.4. The number of benzene rings is 1. The number of likely N-dealkylation sites (N-methyl/N-ethyl adjacent to an activating group) is 1. The van der Waals surface area contributed by atoms with Gasteiger partial charge in [-0.05, 0) is 33.0 Å². The molecule has 0 heterocycles. The molecule has 0 saturated carbocycles. The van der Waals surface area contributed by atoms with E-state index in [9.17, 15) is 4.79 Å². The predicted molar refractivity (Wildman–Crippen MR) is 71.1 cm³/mol. The molecule has 0 aromatic heterocycles. The second-order valence-electron chi connectivity index (χ2n) is 4.41. The van der Waals surface area contributed by atoms with Crippen LogP contribution in [0.5, 0.6) is 5.75 Å². The topological polar surface area (TPSA) is 49.8 Å². The third kappa shape index (κ3) is 4.13. The zero-order valence-corrected chi connectivity index (χ0v) is 11.2. The Kier molecular flexibility index (Phi) is 5.82. The molecule has 0 spiro atoms.